The summed E-state index contributed by atoms with van der Waals surface area (Å²) in [4.78, 5) is 15.4. The molecule has 0 atom stereocenters. The van der Waals surface area contributed by atoms with Crippen molar-refractivity contribution in [3.05, 3.63) is 47.7 Å². The number of ether oxygens (including phenoxy) is 3. The van der Waals surface area contributed by atoms with Crippen LogP contribution in [-0.2, 0) is 0 Å². The Kier molecular flexibility index (Phi) is 5.16. The Balaban J connectivity index is 1.82. The summed E-state index contributed by atoms with van der Waals surface area (Å²) in [6, 6.07) is 10.1. The summed E-state index contributed by atoms with van der Waals surface area (Å²) in [7, 11) is 4.56. The van der Waals surface area contributed by atoms with Gasteiger partial charge in [-0.2, -0.15) is 5.10 Å². The van der Waals surface area contributed by atoms with Gasteiger partial charge in [-0.1, -0.05) is 6.07 Å². The highest BCUT2D eigenvalue weighted by atomic mass is 16.5. The van der Waals surface area contributed by atoms with Gasteiger partial charge in [0.2, 0.25) is 0 Å². The van der Waals surface area contributed by atoms with E-state index in [0.29, 0.717) is 34.0 Å². The minimum Gasteiger partial charge on any atom is -0.504 e. The number of carbonyl (C=O) groups is 1. The minimum absolute atomic E-state index is 0.0573. The van der Waals surface area contributed by atoms with E-state index in [2.05, 4.69) is 15.5 Å². The first-order valence-corrected chi connectivity index (χ1v) is 8.02. The average Bonchev–Trinajstić information content (AvgIpc) is 3.14. The molecule has 3 N–H and O–H groups in total. The maximum atomic E-state index is 12.4. The van der Waals surface area contributed by atoms with Gasteiger partial charge in [-0.15, -0.1) is 0 Å². The zero-order valence-corrected chi connectivity index (χ0v) is 15.1. The first-order valence-electron chi connectivity index (χ1n) is 8.02. The fourth-order valence-electron chi connectivity index (χ4n) is 2.67. The lowest BCUT2D eigenvalue weighted by molar-refractivity contribution is 0.0951. The fourth-order valence-corrected chi connectivity index (χ4v) is 2.67. The van der Waals surface area contributed by atoms with E-state index in [1.54, 1.807) is 50.6 Å². The van der Waals surface area contributed by atoms with Crippen LogP contribution in [0.2, 0.25) is 0 Å². The maximum Gasteiger partial charge on any atom is 0.287 e. The summed E-state index contributed by atoms with van der Waals surface area (Å²) in [5.41, 5.74) is 3.77. The molecule has 140 valence electrons. The molecule has 3 rings (SSSR count). The second kappa shape index (κ2) is 7.69. The summed E-state index contributed by atoms with van der Waals surface area (Å²) >= 11 is 0. The Morgan fingerprint density at radius 1 is 1.07 bits per heavy atom. The topological polar surface area (TPSA) is 105 Å². The number of aromatic amines is 1. The molecule has 0 bridgehead atoms. The number of aromatic nitrogens is 1. The summed E-state index contributed by atoms with van der Waals surface area (Å²) in [6.07, 6.45) is 1.33. The molecule has 2 aromatic carbocycles. The molecule has 8 nitrogen and oxygen atoms in total. The van der Waals surface area contributed by atoms with E-state index < -0.39 is 5.91 Å². The van der Waals surface area contributed by atoms with Crippen molar-refractivity contribution in [2.45, 2.75) is 0 Å². The normalized spacial score (nSPS) is 10.9. The number of hydrazone groups is 1. The van der Waals surface area contributed by atoms with Crippen molar-refractivity contribution in [1.29, 1.82) is 0 Å². The van der Waals surface area contributed by atoms with Crippen LogP contribution in [0, 0.1) is 0 Å². The lowest BCUT2D eigenvalue weighted by Gasteiger charge is -2.05. The van der Waals surface area contributed by atoms with Crippen LogP contribution in [0.15, 0.2) is 41.5 Å². The molecule has 0 unspecified atom stereocenters. The summed E-state index contributed by atoms with van der Waals surface area (Å²) < 4.78 is 15.7. The molecule has 0 aliphatic carbocycles. The Bertz CT molecular complexity index is 969. The van der Waals surface area contributed by atoms with E-state index in [0.717, 1.165) is 5.39 Å². The Labute approximate surface area is 155 Å². The van der Waals surface area contributed by atoms with Gasteiger partial charge in [0.1, 0.15) is 17.2 Å². The van der Waals surface area contributed by atoms with Crippen molar-refractivity contribution in [2.75, 3.05) is 21.3 Å². The Morgan fingerprint density at radius 3 is 2.48 bits per heavy atom. The van der Waals surface area contributed by atoms with E-state index in [-0.39, 0.29) is 5.75 Å². The Hall–Kier alpha value is -3.68. The number of nitrogens with zero attached hydrogens (tertiary/aromatic N) is 1. The van der Waals surface area contributed by atoms with E-state index in [4.69, 9.17) is 14.2 Å². The van der Waals surface area contributed by atoms with E-state index in [1.165, 1.54) is 13.3 Å². The van der Waals surface area contributed by atoms with Crippen molar-refractivity contribution < 1.29 is 24.1 Å². The molecular formula is C19H19N3O5. The molecule has 0 radical (unpaired) electrons. The highest BCUT2D eigenvalue weighted by molar-refractivity contribution is 6.01. The van der Waals surface area contributed by atoms with Gasteiger partial charge < -0.3 is 24.3 Å². The van der Waals surface area contributed by atoms with Crippen molar-refractivity contribution in [2.24, 2.45) is 5.10 Å². The molecule has 1 amide bonds. The van der Waals surface area contributed by atoms with Crippen LogP contribution in [0.1, 0.15) is 16.1 Å². The van der Waals surface area contributed by atoms with Crippen LogP contribution in [0.5, 0.6) is 23.0 Å². The summed E-state index contributed by atoms with van der Waals surface area (Å²) in [6.45, 7) is 0. The SMILES string of the molecule is COc1cccc(/C=N/NC(=O)c2cc3c(OC)ccc(OC)c3[nH]2)c1O. The summed E-state index contributed by atoms with van der Waals surface area (Å²) in [5, 5.41) is 14.6. The first kappa shape index (κ1) is 18.1. The van der Waals surface area contributed by atoms with Gasteiger partial charge in [-0.3, -0.25) is 4.79 Å². The van der Waals surface area contributed by atoms with Crippen molar-refractivity contribution in [1.82, 2.24) is 10.4 Å². The molecule has 8 heteroatoms. The lowest BCUT2D eigenvalue weighted by atomic mass is 10.2. The maximum absolute atomic E-state index is 12.4. The number of aromatic hydroxyl groups is 1. The van der Waals surface area contributed by atoms with Gasteiger partial charge in [0.05, 0.1) is 33.1 Å². The van der Waals surface area contributed by atoms with Crippen molar-refractivity contribution in [3.63, 3.8) is 0 Å². The molecule has 3 aromatic rings. The molecule has 27 heavy (non-hydrogen) atoms. The van der Waals surface area contributed by atoms with E-state index in [1.807, 2.05) is 0 Å². The standard InChI is InChI=1S/C19H19N3O5/c1-25-14-7-8-15(26-2)17-12(14)9-13(21-17)19(24)22-20-10-11-5-4-6-16(27-3)18(11)23/h4-10,21,23H,1-3H3,(H,22,24)/b20-10+. The zero-order valence-electron chi connectivity index (χ0n) is 15.1. The van der Waals surface area contributed by atoms with Crippen LogP contribution in [0.3, 0.4) is 0 Å². The quantitative estimate of drug-likeness (QED) is 0.458. The number of para-hydroxylation sites is 1. The molecule has 0 saturated heterocycles. The molecule has 0 saturated carbocycles. The number of carbonyl (C=O) groups excluding carboxylic acids is 1. The number of fused-ring (bicyclic) bond motifs is 1. The predicted octanol–water partition coefficient (Wildman–Crippen LogP) is 2.66. The Morgan fingerprint density at radius 2 is 1.78 bits per heavy atom. The van der Waals surface area contributed by atoms with Crippen LogP contribution < -0.4 is 19.6 Å². The number of benzene rings is 2. The molecule has 0 aliphatic rings. The molecule has 0 spiro atoms. The number of methoxy groups -OCH3 is 3. The van der Waals surface area contributed by atoms with Crippen molar-refractivity contribution in [3.8, 4) is 23.0 Å². The van der Waals surface area contributed by atoms with Gasteiger partial charge in [-0.25, -0.2) is 5.43 Å². The van der Waals surface area contributed by atoms with Gasteiger partial charge in [0.15, 0.2) is 11.5 Å². The number of hydrogen-bond acceptors (Lipinski definition) is 6. The zero-order chi connectivity index (χ0) is 19.4. The van der Waals surface area contributed by atoms with Crippen LogP contribution in [0.25, 0.3) is 10.9 Å². The van der Waals surface area contributed by atoms with Crippen LogP contribution >= 0.6 is 0 Å². The van der Waals surface area contributed by atoms with Crippen LogP contribution in [-0.4, -0.2) is 43.5 Å². The highest BCUT2D eigenvalue weighted by Crippen LogP contribution is 2.33. The number of hydrogen-bond donors (Lipinski definition) is 3. The second-order valence-electron chi connectivity index (χ2n) is 5.54. The van der Waals surface area contributed by atoms with Crippen molar-refractivity contribution >= 4 is 23.0 Å². The fraction of sp³-hybridized carbons (Fsp3) is 0.158. The van der Waals surface area contributed by atoms with Crippen LogP contribution in [0.4, 0.5) is 0 Å². The largest absolute Gasteiger partial charge is 0.504 e. The number of H-pyrrole nitrogens is 1. The average molecular weight is 369 g/mol. The second-order valence-corrected chi connectivity index (χ2v) is 5.54. The number of amides is 1. The smallest absolute Gasteiger partial charge is 0.287 e. The van der Waals surface area contributed by atoms with Gasteiger partial charge in [0.25, 0.3) is 5.91 Å². The molecule has 0 fully saturated rings. The number of nitrogens with one attached hydrogen (secondary N) is 2. The number of rotatable bonds is 6. The number of phenolic OH excluding ortho intramolecular Hbond substituents is 1. The number of phenols is 1. The minimum atomic E-state index is -0.450. The molecule has 1 aromatic heterocycles. The monoisotopic (exact) mass is 369 g/mol. The summed E-state index contributed by atoms with van der Waals surface area (Å²) in [5.74, 6) is 1.02. The molecular weight excluding hydrogens is 350 g/mol. The third-order valence-corrected chi connectivity index (χ3v) is 4.02. The van der Waals surface area contributed by atoms with Gasteiger partial charge in [0, 0.05) is 10.9 Å². The molecule has 1 heterocycles. The van der Waals surface area contributed by atoms with Gasteiger partial charge >= 0.3 is 0 Å². The third-order valence-electron chi connectivity index (χ3n) is 4.02. The lowest BCUT2D eigenvalue weighted by Crippen LogP contribution is -2.17. The molecule has 0 aliphatic heterocycles. The van der Waals surface area contributed by atoms with Gasteiger partial charge in [-0.05, 0) is 30.3 Å². The third kappa shape index (κ3) is 3.50. The van der Waals surface area contributed by atoms with E-state index >= 15 is 0 Å². The first-order chi connectivity index (χ1) is 13.1. The highest BCUT2D eigenvalue weighted by Gasteiger charge is 2.15. The predicted molar refractivity (Wildman–Crippen MR) is 101 cm³/mol. The van der Waals surface area contributed by atoms with E-state index in [9.17, 15) is 9.90 Å².